The number of halogens is 3. The van der Waals surface area contributed by atoms with Crippen molar-refractivity contribution in [3.05, 3.63) is 0 Å². The van der Waals surface area contributed by atoms with E-state index >= 15 is 0 Å². The van der Waals surface area contributed by atoms with E-state index in [4.69, 9.17) is 4.55 Å². The minimum Gasteiger partial charge on any atom is -0.284 e. The average molecular weight is 361 g/mol. The summed E-state index contributed by atoms with van der Waals surface area (Å²) in [6.07, 6.45) is 0.541. The zero-order valence-electron chi connectivity index (χ0n) is 4.72. The third-order valence-electron chi connectivity index (χ3n) is 0.570. The molecule has 0 aliphatic rings. The van der Waals surface area contributed by atoms with E-state index < -0.39 is 13.5 Å². The zero-order valence-corrected chi connectivity index (χ0v) is 10.3. The molecule has 0 radical (unpaired) electrons. The maximum Gasteiger partial charge on any atom is 0.301 e. The molecular weight excluding hydrogens is 356 g/mol. The quantitative estimate of drug-likeness (QED) is 0.621. The van der Waals surface area contributed by atoms with E-state index in [0.717, 1.165) is 0 Å². The second-order valence-electron chi connectivity index (χ2n) is 1.40. The van der Waals surface area contributed by atoms with E-state index in [1.165, 1.54) is 0 Å². The summed E-state index contributed by atoms with van der Waals surface area (Å²) in [4.78, 5) is 0. The van der Waals surface area contributed by atoms with Crippen LogP contribution in [-0.4, -0.2) is 17.5 Å². The van der Waals surface area contributed by atoms with Gasteiger partial charge in [0.05, 0.1) is 6.61 Å². The molecule has 1 atom stereocenters. The first-order valence-electron chi connectivity index (χ1n) is 2.23. The topological polar surface area (TPSA) is 46.5 Å². The van der Waals surface area contributed by atoms with E-state index in [-0.39, 0.29) is 6.61 Å². The third kappa shape index (κ3) is 9.51. The van der Waals surface area contributed by atoms with Gasteiger partial charge in [-0.1, -0.05) is 47.8 Å². The second kappa shape index (κ2) is 5.21. The molecule has 0 bridgehead atoms. The normalized spacial score (nSPS) is 15.2. The van der Waals surface area contributed by atoms with Gasteiger partial charge in [-0.15, -0.1) is 0 Å². The van der Waals surface area contributed by atoms with Gasteiger partial charge in [0.1, 0.15) is 2.14 Å². The van der Waals surface area contributed by atoms with Crippen LogP contribution in [0.5, 0.6) is 0 Å². The summed E-state index contributed by atoms with van der Waals surface area (Å²) >= 11 is 7.44. The molecule has 1 unspecified atom stereocenters. The van der Waals surface area contributed by atoms with Gasteiger partial charge in [-0.2, -0.15) is 4.21 Å². The molecule has 0 aliphatic carbocycles. The molecule has 1 N–H and O–H groups in total. The Hall–Kier alpha value is 1.51. The van der Waals surface area contributed by atoms with Crippen LogP contribution in [0.2, 0.25) is 0 Å². The highest BCUT2D eigenvalue weighted by atomic mass is 80.0. The number of alkyl halides is 3. The molecule has 0 aromatic rings. The largest absolute Gasteiger partial charge is 0.301 e. The molecule has 3 nitrogen and oxygen atoms in total. The molecule has 0 fully saturated rings. The van der Waals surface area contributed by atoms with Crippen LogP contribution in [0.15, 0.2) is 0 Å². The summed E-state index contributed by atoms with van der Waals surface area (Å²) in [5, 5.41) is 0. The average Bonchev–Trinajstić information content (AvgIpc) is 1.59. The van der Waals surface area contributed by atoms with Gasteiger partial charge in [0.15, 0.2) is 0 Å². The van der Waals surface area contributed by atoms with Gasteiger partial charge >= 0.3 is 11.4 Å². The highest BCUT2D eigenvalue weighted by Crippen LogP contribution is 2.36. The van der Waals surface area contributed by atoms with Crippen LogP contribution < -0.4 is 0 Å². The maximum absolute atomic E-state index is 9.93. The van der Waals surface area contributed by atoms with Gasteiger partial charge in [-0.05, 0) is 0 Å². The van der Waals surface area contributed by atoms with Crippen LogP contribution in [0, 0.1) is 0 Å². The van der Waals surface area contributed by atoms with Crippen LogP contribution in [0.25, 0.3) is 0 Å². The Morgan fingerprint density at radius 2 is 2.00 bits per heavy atom. The van der Waals surface area contributed by atoms with E-state index in [1.807, 2.05) is 0 Å². The van der Waals surface area contributed by atoms with Crippen molar-refractivity contribution in [1.82, 2.24) is 0 Å². The number of rotatable bonds is 3. The molecule has 0 amide bonds. The van der Waals surface area contributed by atoms with Gasteiger partial charge in [0.2, 0.25) is 0 Å². The predicted molar refractivity (Wildman–Crippen MR) is 50.9 cm³/mol. The third-order valence-corrected chi connectivity index (χ3v) is 2.13. The fraction of sp³-hybridized carbons (Fsp3) is 1.00. The molecule has 7 heteroatoms. The van der Waals surface area contributed by atoms with E-state index in [2.05, 4.69) is 52.0 Å². The summed E-state index contributed by atoms with van der Waals surface area (Å²) in [5.74, 6) is 0. The molecule has 0 rings (SSSR count). The SMILES string of the molecule is O=S(O)OCCC(Br)(Br)Br. The van der Waals surface area contributed by atoms with Crippen LogP contribution in [0.3, 0.4) is 0 Å². The van der Waals surface area contributed by atoms with Crippen molar-refractivity contribution in [3.8, 4) is 0 Å². The lowest BCUT2D eigenvalue weighted by atomic mass is 10.5. The Labute approximate surface area is 86.8 Å². The minimum atomic E-state index is -2.16. The molecule has 0 aromatic carbocycles. The monoisotopic (exact) mass is 358 g/mol. The predicted octanol–water partition coefficient (Wildman–Crippen LogP) is 2.37. The number of hydrogen-bond acceptors (Lipinski definition) is 2. The van der Waals surface area contributed by atoms with Crippen molar-refractivity contribution in [2.24, 2.45) is 0 Å². The van der Waals surface area contributed by atoms with Crippen molar-refractivity contribution in [2.75, 3.05) is 6.61 Å². The van der Waals surface area contributed by atoms with Gasteiger partial charge in [-0.3, -0.25) is 8.74 Å². The van der Waals surface area contributed by atoms with E-state index in [1.54, 1.807) is 0 Å². The van der Waals surface area contributed by atoms with Crippen molar-refractivity contribution < 1.29 is 12.9 Å². The molecule has 62 valence electrons. The molecule has 0 aliphatic heterocycles. The van der Waals surface area contributed by atoms with Crippen LogP contribution in [0.1, 0.15) is 6.42 Å². The number of hydrogen-bond donors (Lipinski definition) is 1. The summed E-state index contributed by atoms with van der Waals surface area (Å²) in [5.41, 5.74) is 0. The van der Waals surface area contributed by atoms with E-state index in [0.29, 0.717) is 6.42 Å². The molecule has 0 spiro atoms. The highest BCUT2D eigenvalue weighted by Gasteiger charge is 2.17. The van der Waals surface area contributed by atoms with Crippen molar-refractivity contribution in [3.63, 3.8) is 0 Å². The van der Waals surface area contributed by atoms with Gasteiger partial charge < -0.3 is 0 Å². The molecular formula is C3H5Br3O3S. The maximum atomic E-state index is 9.93. The van der Waals surface area contributed by atoms with Gasteiger partial charge in [0, 0.05) is 6.42 Å². The smallest absolute Gasteiger partial charge is 0.284 e. The van der Waals surface area contributed by atoms with Crippen LogP contribution in [0.4, 0.5) is 0 Å². The Morgan fingerprint density at radius 1 is 1.50 bits per heavy atom. The van der Waals surface area contributed by atoms with Crippen LogP contribution >= 0.6 is 47.8 Å². The molecule has 0 aromatic heterocycles. The summed E-state index contributed by atoms with van der Waals surface area (Å²) < 4.78 is 22.0. The highest BCUT2D eigenvalue weighted by molar-refractivity contribution is 9.39. The standard InChI is InChI=1S/C3H5Br3O3S/c4-3(5,6)1-2-9-10(7)8/h1-2H2,(H,7,8). The summed E-state index contributed by atoms with van der Waals surface area (Å²) in [7, 11) is 0. The first-order valence-corrected chi connectivity index (χ1v) is 5.64. The fourth-order valence-electron chi connectivity index (χ4n) is 0.229. The van der Waals surface area contributed by atoms with Crippen molar-refractivity contribution in [2.45, 2.75) is 8.56 Å². The Kier molecular flexibility index (Phi) is 5.99. The first-order chi connectivity index (χ1) is 4.42. The Balaban J connectivity index is 3.29. The molecule has 0 saturated heterocycles. The first kappa shape index (κ1) is 11.5. The Morgan fingerprint density at radius 3 is 2.30 bits per heavy atom. The van der Waals surface area contributed by atoms with Crippen molar-refractivity contribution in [1.29, 1.82) is 0 Å². The molecule has 0 saturated carbocycles. The zero-order chi connectivity index (χ0) is 8.20. The van der Waals surface area contributed by atoms with Gasteiger partial charge in [0.25, 0.3) is 0 Å². The summed E-state index contributed by atoms with van der Waals surface area (Å²) in [6, 6.07) is 0. The lowest BCUT2D eigenvalue weighted by molar-refractivity contribution is 0.305. The lowest BCUT2D eigenvalue weighted by Gasteiger charge is -2.09. The van der Waals surface area contributed by atoms with E-state index in [9.17, 15) is 4.21 Å². The summed E-state index contributed by atoms with van der Waals surface area (Å²) in [6.45, 7) is 0.199. The minimum absolute atomic E-state index is 0.199. The van der Waals surface area contributed by atoms with Crippen LogP contribution in [-0.2, 0) is 15.5 Å². The van der Waals surface area contributed by atoms with Crippen molar-refractivity contribution >= 4 is 59.2 Å². The molecule has 0 heterocycles. The lowest BCUT2D eigenvalue weighted by Crippen LogP contribution is -2.06. The van der Waals surface area contributed by atoms with Gasteiger partial charge in [-0.25, -0.2) is 0 Å². The Bertz CT molecular complexity index is 123. The second-order valence-corrected chi connectivity index (χ2v) is 9.33. The molecule has 10 heavy (non-hydrogen) atoms. The fourth-order valence-corrected chi connectivity index (χ4v) is 0.940.